The number of carbonyl (C=O) groups is 1. The number of carbonyl (C=O) groups excluding carboxylic acids is 1. The number of fused-ring (bicyclic) bond motifs is 1. The molecule has 2 N–H and O–H groups in total. The summed E-state index contributed by atoms with van der Waals surface area (Å²) < 4.78 is 0. The van der Waals surface area contributed by atoms with Gasteiger partial charge in [0.05, 0.1) is 23.5 Å². The first-order chi connectivity index (χ1) is 11.6. The zero-order valence-electron chi connectivity index (χ0n) is 13.0. The van der Waals surface area contributed by atoms with Gasteiger partial charge in [-0.2, -0.15) is 5.10 Å². The topological polar surface area (TPSA) is 74.8 Å². The molecule has 1 amide bonds. The Hall–Kier alpha value is -2.66. The highest BCUT2D eigenvalue weighted by Gasteiger charge is 2.15. The summed E-state index contributed by atoms with van der Waals surface area (Å²) in [6.07, 6.45) is 0.0755. The molecule has 0 aliphatic rings. The van der Waals surface area contributed by atoms with Crippen LogP contribution in [0, 0.1) is 0 Å². The third kappa shape index (κ3) is 3.31. The maximum Gasteiger partial charge on any atom is 0.272 e. The van der Waals surface area contributed by atoms with Crippen LogP contribution < -0.4 is 10.9 Å². The fourth-order valence-electron chi connectivity index (χ4n) is 2.65. The quantitative estimate of drug-likeness (QED) is 0.766. The van der Waals surface area contributed by atoms with Crippen molar-refractivity contribution in [3.8, 4) is 0 Å². The van der Waals surface area contributed by atoms with E-state index in [1.807, 2.05) is 31.2 Å². The van der Waals surface area contributed by atoms with Crippen molar-refractivity contribution in [3.63, 3.8) is 0 Å². The van der Waals surface area contributed by atoms with Crippen molar-refractivity contribution in [2.24, 2.45) is 0 Å². The van der Waals surface area contributed by atoms with Gasteiger partial charge in [-0.25, -0.2) is 5.10 Å². The summed E-state index contributed by atoms with van der Waals surface area (Å²) in [7, 11) is 0. The number of amides is 1. The molecule has 5 nitrogen and oxygen atoms in total. The molecule has 6 heteroatoms. The van der Waals surface area contributed by atoms with E-state index in [0.717, 1.165) is 5.56 Å². The minimum Gasteiger partial charge on any atom is -0.349 e. The number of aromatic nitrogens is 2. The zero-order chi connectivity index (χ0) is 17.1. The summed E-state index contributed by atoms with van der Waals surface area (Å²) in [5.41, 5.74) is 1.13. The van der Waals surface area contributed by atoms with Gasteiger partial charge in [0, 0.05) is 10.4 Å². The lowest BCUT2D eigenvalue weighted by atomic mass is 10.1. The zero-order valence-corrected chi connectivity index (χ0v) is 13.8. The SMILES string of the molecule is C[C@@H](NC(=O)Cc1n[nH]c(=O)c2ccccc12)c1ccccc1Cl. The second-order valence-corrected chi connectivity index (χ2v) is 5.94. The van der Waals surface area contributed by atoms with Crippen LogP contribution in [0.4, 0.5) is 0 Å². The molecule has 0 aliphatic carbocycles. The Kier molecular flexibility index (Phi) is 4.62. The summed E-state index contributed by atoms with van der Waals surface area (Å²) in [6.45, 7) is 1.87. The predicted octanol–water partition coefficient (Wildman–Crippen LogP) is 3.00. The Balaban J connectivity index is 1.80. The lowest BCUT2D eigenvalue weighted by Gasteiger charge is -2.15. The Morgan fingerprint density at radius 2 is 1.83 bits per heavy atom. The van der Waals surface area contributed by atoms with Gasteiger partial charge in [-0.15, -0.1) is 0 Å². The summed E-state index contributed by atoms with van der Waals surface area (Å²) in [5.74, 6) is -0.188. The number of nitrogens with one attached hydrogen (secondary N) is 2. The van der Waals surface area contributed by atoms with E-state index < -0.39 is 0 Å². The molecule has 0 bridgehead atoms. The van der Waals surface area contributed by atoms with E-state index in [-0.39, 0.29) is 23.9 Å². The third-order valence-corrected chi connectivity index (χ3v) is 4.20. The average Bonchev–Trinajstić information content (AvgIpc) is 2.58. The van der Waals surface area contributed by atoms with Crippen molar-refractivity contribution in [3.05, 3.63) is 75.2 Å². The minimum absolute atomic E-state index is 0.0755. The lowest BCUT2D eigenvalue weighted by Crippen LogP contribution is -2.29. The molecule has 1 heterocycles. The van der Waals surface area contributed by atoms with Gasteiger partial charge in [-0.3, -0.25) is 9.59 Å². The van der Waals surface area contributed by atoms with E-state index in [9.17, 15) is 9.59 Å². The van der Waals surface area contributed by atoms with Gasteiger partial charge in [-0.1, -0.05) is 48.0 Å². The van der Waals surface area contributed by atoms with Crippen LogP contribution in [-0.4, -0.2) is 16.1 Å². The number of nitrogens with zero attached hydrogens (tertiary/aromatic N) is 1. The Morgan fingerprint density at radius 3 is 2.58 bits per heavy atom. The van der Waals surface area contributed by atoms with Gasteiger partial charge in [0.1, 0.15) is 0 Å². The fraction of sp³-hybridized carbons (Fsp3) is 0.167. The molecule has 122 valence electrons. The van der Waals surface area contributed by atoms with Crippen molar-refractivity contribution < 1.29 is 4.79 Å². The molecule has 3 rings (SSSR count). The summed E-state index contributed by atoms with van der Waals surface area (Å²) in [5, 5.41) is 11.2. The first kappa shape index (κ1) is 16.2. The highest BCUT2D eigenvalue weighted by atomic mass is 35.5. The van der Waals surface area contributed by atoms with Crippen molar-refractivity contribution in [1.82, 2.24) is 15.5 Å². The van der Waals surface area contributed by atoms with Crippen LogP contribution >= 0.6 is 11.6 Å². The second kappa shape index (κ2) is 6.84. The molecule has 3 aromatic rings. The monoisotopic (exact) mass is 341 g/mol. The van der Waals surface area contributed by atoms with Crippen LogP contribution in [0.1, 0.15) is 24.2 Å². The largest absolute Gasteiger partial charge is 0.349 e. The maximum absolute atomic E-state index is 12.3. The second-order valence-electron chi connectivity index (χ2n) is 5.53. The number of halogens is 1. The van der Waals surface area contributed by atoms with E-state index in [2.05, 4.69) is 15.5 Å². The van der Waals surface area contributed by atoms with Crippen molar-refractivity contribution >= 4 is 28.3 Å². The lowest BCUT2D eigenvalue weighted by molar-refractivity contribution is -0.121. The molecule has 0 fully saturated rings. The molecular formula is C18H16ClN3O2. The molecule has 0 spiro atoms. The van der Waals surface area contributed by atoms with Crippen molar-refractivity contribution in [2.45, 2.75) is 19.4 Å². The van der Waals surface area contributed by atoms with E-state index >= 15 is 0 Å². The highest BCUT2D eigenvalue weighted by molar-refractivity contribution is 6.31. The normalized spacial score (nSPS) is 12.1. The third-order valence-electron chi connectivity index (χ3n) is 3.85. The van der Waals surface area contributed by atoms with Crippen molar-refractivity contribution in [1.29, 1.82) is 0 Å². The summed E-state index contributed by atoms with van der Waals surface area (Å²) in [4.78, 5) is 24.1. The average molecular weight is 342 g/mol. The van der Waals surface area contributed by atoms with E-state index in [1.54, 1.807) is 24.3 Å². The number of hydrogen-bond donors (Lipinski definition) is 2. The van der Waals surface area contributed by atoms with Crippen LogP contribution in [0.25, 0.3) is 10.8 Å². The first-order valence-corrected chi connectivity index (χ1v) is 7.94. The molecule has 1 aromatic heterocycles. The fourth-order valence-corrected chi connectivity index (χ4v) is 2.95. The van der Waals surface area contributed by atoms with Gasteiger partial charge in [0.15, 0.2) is 0 Å². The van der Waals surface area contributed by atoms with E-state index in [1.165, 1.54) is 0 Å². The van der Waals surface area contributed by atoms with Crippen LogP contribution in [-0.2, 0) is 11.2 Å². The van der Waals surface area contributed by atoms with Gasteiger partial charge in [0.2, 0.25) is 5.91 Å². The molecule has 0 saturated carbocycles. The molecule has 0 radical (unpaired) electrons. The first-order valence-electron chi connectivity index (χ1n) is 7.56. The number of aromatic amines is 1. The van der Waals surface area contributed by atoms with E-state index in [4.69, 9.17) is 11.6 Å². The van der Waals surface area contributed by atoms with Crippen LogP contribution in [0.5, 0.6) is 0 Å². The predicted molar refractivity (Wildman–Crippen MR) is 94.1 cm³/mol. The smallest absolute Gasteiger partial charge is 0.272 e. The summed E-state index contributed by atoms with van der Waals surface area (Å²) >= 11 is 6.15. The standard InChI is InChI=1S/C18H16ClN3O2/c1-11(12-6-4-5-9-15(12)19)20-17(23)10-16-13-7-2-3-8-14(13)18(24)22-21-16/h2-9,11H,10H2,1H3,(H,20,23)(H,22,24)/t11-/m1/s1. The molecular weight excluding hydrogens is 326 g/mol. The highest BCUT2D eigenvalue weighted by Crippen LogP contribution is 2.22. The summed E-state index contributed by atoms with van der Waals surface area (Å²) in [6, 6.07) is 14.3. The van der Waals surface area contributed by atoms with Crippen LogP contribution in [0.15, 0.2) is 53.3 Å². The number of hydrogen-bond acceptors (Lipinski definition) is 3. The van der Waals surface area contributed by atoms with Gasteiger partial charge >= 0.3 is 0 Å². The molecule has 1 atom stereocenters. The van der Waals surface area contributed by atoms with Crippen molar-refractivity contribution in [2.75, 3.05) is 0 Å². The molecule has 2 aromatic carbocycles. The molecule has 0 aliphatic heterocycles. The molecule has 0 unspecified atom stereocenters. The Bertz CT molecular complexity index is 952. The minimum atomic E-state index is -0.265. The maximum atomic E-state index is 12.3. The Labute approximate surface area is 143 Å². The molecule has 0 saturated heterocycles. The van der Waals surface area contributed by atoms with Gasteiger partial charge < -0.3 is 5.32 Å². The Morgan fingerprint density at radius 1 is 1.17 bits per heavy atom. The van der Waals surface area contributed by atoms with Gasteiger partial charge in [-0.05, 0) is 24.6 Å². The number of benzene rings is 2. The molecule has 24 heavy (non-hydrogen) atoms. The number of rotatable bonds is 4. The van der Waals surface area contributed by atoms with E-state index in [0.29, 0.717) is 21.5 Å². The number of H-pyrrole nitrogens is 1. The van der Waals surface area contributed by atoms with Gasteiger partial charge in [0.25, 0.3) is 5.56 Å². The van der Waals surface area contributed by atoms with Crippen LogP contribution in [0.3, 0.4) is 0 Å². The van der Waals surface area contributed by atoms with Crippen LogP contribution in [0.2, 0.25) is 5.02 Å².